The summed E-state index contributed by atoms with van der Waals surface area (Å²) in [5, 5.41) is 4.04. The zero-order valence-electron chi connectivity index (χ0n) is 21.2. The number of ether oxygens (including phenoxy) is 1. The van der Waals surface area contributed by atoms with Crippen LogP contribution in [0.4, 0.5) is 5.69 Å². The van der Waals surface area contributed by atoms with Crippen molar-refractivity contribution in [2.24, 2.45) is 0 Å². The number of benzene rings is 2. The van der Waals surface area contributed by atoms with Crippen LogP contribution in [0.1, 0.15) is 44.6 Å². The van der Waals surface area contributed by atoms with E-state index in [2.05, 4.69) is 27.2 Å². The van der Waals surface area contributed by atoms with Gasteiger partial charge in [-0.2, -0.15) is 0 Å². The van der Waals surface area contributed by atoms with Gasteiger partial charge in [0.25, 0.3) is 0 Å². The summed E-state index contributed by atoms with van der Waals surface area (Å²) in [5.41, 5.74) is 3.10. The summed E-state index contributed by atoms with van der Waals surface area (Å²) in [6.07, 6.45) is 6.73. The molecule has 2 aliphatic heterocycles. The Morgan fingerprint density at radius 1 is 0.944 bits per heavy atom. The van der Waals surface area contributed by atoms with Gasteiger partial charge in [0.2, 0.25) is 0 Å². The number of para-hydroxylation sites is 4. The predicted octanol–water partition coefficient (Wildman–Crippen LogP) is 4.72. The molecule has 0 spiro atoms. The van der Waals surface area contributed by atoms with Gasteiger partial charge in [-0.15, -0.1) is 0 Å². The molecule has 0 radical (unpaired) electrons. The van der Waals surface area contributed by atoms with Crippen LogP contribution in [-0.2, 0) is 6.54 Å². The molecule has 1 aromatic heterocycles. The Labute approximate surface area is 218 Å². The number of hydrogen-bond acceptors (Lipinski definition) is 4. The van der Waals surface area contributed by atoms with E-state index < -0.39 is 0 Å². The van der Waals surface area contributed by atoms with Crippen LogP contribution >= 0.6 is 12.2 Å². The smallest absolute Gasteiger partial charge is 0.329 e. The van der Waals surface area contributed by atoms with Gasteiger partial charge in [0.05, 0.1) is 23.8 Å². The third-order valence-corrected chi connectivity index (χ3v) is 8.00. The number of thiocarbonyl (C=S) groups is 1. The number of anilines is 1. The second-order valence-electron chi connectivity index (χ2n) is 9.90. The van der Waals surface area contributed by atoms with E-state index in [1.807, 2.05) is 45.5 Å². The average molecular weight is 508 g/mol. The van der Waals surface area contributed by atoms with Crippen LogP contribution in [0.5, 0.6) is 5.75 Å². The van der Waals surface area contributed by atoms with E-state index in [1.54, 1.807) is 7.11 Å². The van der Waals surface area contributed by atoms with Crippen molar-refractivity contribution < 1.29 is 4.74 Å². The molecule has 2 aliphatic rings. The van der Waals surface area contributed by atoms with Gasteiger partial charge in [-0.25, -0.2) is 4.79 Å². The summed E-state index contributed by atoms with van der Waals surface area (Å²) in [5.74, 6) is 0.773. The zero-order valence-corrected chi connectivity index (χ0v) is 22.0. The minimum absolute atomic E-state index is 0.128. The maximum Gasteiger partial charge on any atom is 0.329 e. The quantitative estimate of drug-likeness (QED) is 0.467. The van der Waals surface area contributed by atoms with Crippen molar-refractivity contribution in [3.63, 3.8) is 0 Å². The Balaban J connectivity index is 1.25. The van der Waals surface area contributed by atoms with Crippen molar-refractivity contribution in [2.45, 2.75) is 51.1 Å². The third kappa shape index (κ3) is 5.30. The monoisotopic (exact) mass is 507 g/mol. The van der Waals surface area contributed by atoms with E-state index in [0.717, 1.165) is 67.9 Å². The number of nitrogens with one attached hydrogen (secondary N) is 1. The molecule has 2 aromatic carbocycles. The van der Waals surface area contributed by atoms with E-state index in [9.17, 15) is 4.79 Å². The number of hydrogen-bond donors (Lipinski definition) is 1. The molecule has 2 saturated heterocycles. The first-order valence-corrected chi connectivity index (χ1v) is 13.7. The molecule has 0 aliphatic carbocycles. The van der Waals surface area contributed by atoms with Crippen molar-refractivity contribution >= 4 is 34.1 Å². The molecule has 0 unspecified atom stereocenters. The number of piperidine rings is 2. The van der Waals surface area contributed by atoms with Gasteiger partial charge < -0.3 is 19.9 Å². The molecular weight excluding hydrogens is 470 g/mol. The van der Waals surface area contributed by atoms with Gasteiger partial charge in [-0.3, -0.25) is 9.13 Å². The van der Waals surface area contributed by atoms with E-state index in [0.29, 0.717) is 5.11 Å². The summed E-state index contributed by atoms with van der Waals surface area (Å²) >= 11 is 5.71. The predicted molar refractivity (Wildman–Crippen MR) is 150 cm³/mol. The van der Waals surface area contributed by atoms with Gasteiger partial charge in [-0.05, 0) is 88.2 Å². The molecule has 2 fully saturated rings. The Morgan fingerprint density at radius 2 is 1.64 bits per heavy atom. The van der Waals surface area contributed by atoms with Crippen molar-refractivity contribution in [2.75, 3.05) is 45.2 Å². The van der Waals surface area contributed by atoms with E-state index in [-0.39, 0.29) is 11.7 Å². The fraction of sp³-hybridized carbons (Fsp3) is 0.500. The lowest BCUT2D eigenvalue weighted by molar-refractivity contribution is 0.222. The van der Waals surface area contributed by atoms with E-state index >= 15 is 0 Å². The molecule has 0 atom stereocenters. The fourth-order valence-corrected chi connectivity index (χ4v) is 6.00. The Kier molecular flexibility index (Phi) is 7.92. The number of imidazole rings is 1. The molecule has 7 nitrogen and oxygen atoms in total. The molecule has 5 rings (SSSR count). The number of likely N-dealkylation sites (tertiary alicyclic amines) is 2. The molecule has 8 heteroatoms. The number of fused-ring (bicyclic) bond motifs is 1. The highest BCUT2D eigenvalue weighted by Gasteiger charge is 2.26. The van der Waals surface area contributed by atoms with Crippen LogP contribution < -0.4 is 15.7 Å². The second-order valence-corrected chi connectivity index (χ2v) is 10.3. The number of nitrogens with zero attached hydrogens (tertiary/aromatic N) is 4. The fourth-order valence-electron chi connectivity index (χ4n) is 5.71. The maximum absolute atomic E-state index is 13.6. The number of methoxy groups -OCH3 is 1. The molecule has 1 N–H and O–H groups in total. The second kappa shape index (κ2) is 11.5. The van der Waals surface area contributed by atoms with Crippen LogP contribution in [-0.4, -0.2) is 63.9 Å². The first-order valence-electron chi connectivity index (χ1n) is 13.3. The van der Waals surface area contributed by atoms with Gasteiger partial charge in [0, 0.05) is 25.7 Å². The molecular formula is C28H37N5O2S. The minimum atomic E-state index is 0.128. The van der Waals surface area contributed by atoms with Crippen molar-refractivity contribution in [3.05, 3.63) is 59.0 Å². The number of rotatable bonds is 7. The molecule has 3 heterocycles. The molecule has 36 heavy (non-hydrogen) atoms. The summed E-state index contributed by atoms with van der Waals surface area (Å²) in [7, 11) is 1.66. The van der Waals surface area contributed by atoms with Crippen molar-refractivity contribution in [1.82, 2.24) is 18.9 Å². The summed E-state index contributed by atoms with van der Waals surface area (Å²) in [6.45, 7) is 5.86. The molecule has 0 bridgehead atoms. The highest BCUT2D eigenvalue weighted by Crippen LogP contribution is 2.28. The Hall–Kier alpha value is -2.84. The number of aromatic nitrogens is 2. The average Bonchev–Trinajstić information content (AvgIpc) is 3.20. The molecule has 0 amide bonds. The van der Waals surface area contributed by atoms with Crippen LogP contribution in [0.25, 0.3) is 11.0 Å². The van der Waals surface area contributed by atoms with Crippen molar-refractivity contribution in [3.8, 4) is 5.75 Å². The van der Waals surface area contributed by atoms with Crippen LogP contribution in [0.15, 0.2) is 53.3 Å². The van der Waals surface area contributed by atoms with Crippen LogP contribution in [0.2, 0.25) is 0 Å². The van der Waals surface area contributed by atoms with Crippen LogP contribution in [0.3, 0.4) is 0 Å². The SMILES string of the molecule is COc1ccccc1NC(=S)N1CCC(n2c(=O)n(CCCN3CCCCC3)c3ccccc32)CC1. The van der Waals surface area contributed by atoms with E-state index in [1.165, 1.54) is 32.4 Å². The zero-order chi connectivity index (χ0) is 24.9. The lowest BCUT2D eigenvalue weighted by Gasteiger charge is -2.34. The van der Waals surface area contributed by atoms with Gasteiger partial charge in [0.15, 0.2) is 5.11 Å². The lowest BCUT2D eigenvalue weighted by Crippen LogP contribution is -2.42. The first-order chi connectivity index (χ1) is 17.7. The molecule has 0 saturated carbocycles. The highest BCUT2D eigenvalue weighted by molar-refractivity contribution is 7.80. The Bertz CT molecular complexity index is 1240. The van der Waals surface area contributed by atoms with Crippen LogP contribution in [0, 0.1) is 0 Å². The topological polar surface area (TPSA) is 54.7 Å². The lowest BCUT2D eigenvalue weighted by atomic mass is 10.0. The highest BCUT2D eigenvalue weighted by atomic mass is 32.1. The van der Waals surface area contributed by atoms with Gasteiger partial charge >= 0.3 is 5.69 Å². The third-order valence-electron chi connectivity index (χ3n) is 7.64. The molecule has 192 valence electrons. The summed E-state index contributed by atoms with van der Waals surface area (Å²) in [4.78, 5) is 18.4. The number of aryl methyl sites for hydroxylation is 1. The minimum Gasteiger partial charge on any atom is -0.495 e. The largest absolute Gasteiger partial charge is 0.495 e. The van der Waals surface area contributed by atoms with E-state index in [4.69, 9.17) is 17.0 Å². The Morgan fingerprint density at radius 3 is 2.39 bits per heavy atom. The maximum atomic E-state index is 13.6. The summed E-state index contributed by atoms with van der Waals surface area (Å²) in [6, 6.07) is 16.2. The standard InChI is InChI=1S/C28H37N5O2S/c1-35-26-13-6-3-10-23(26)29-27(36)31-20-14-22(15-21-31)33-25-12-5-4-11-24(25)32(28(33)34)19-9-18-30-16-7-2-8-17-30/h3-6,10-13,22H,2,7-9,14-21H2,1H3,(H,29,36). The first kappa shape index (κ1) is 24.8. The van der Waals surface area contributed by atoms with Gasteiger partial charge in [-0.1, -0.05) is 30.7 Å². The summed E-state index contributed by atoms with van der Waals surface area (Å²) < 4.78 is 9.49. The normalized spacial score (nSPS) is 17.4. The van der Waals surface area contributed by atoms with Gasteiger partial charge in [0.1, 0.15) is 5.75 Å². The van der Waals surface area contributed by atoms with Crippen molar-refractivity contribution in [1.29, 1.82) is 0 Å². The molecule has 3 aromatic rings.